The lowest BCUT2D eigenvalue weighted by Crippen LogP contribution is -2.40. The zero-order chi connectivity index (χ0) is 21.7. The van der Waals surface area contributed by atoms with Crippen LogP contribution in [0.3, 0.4) is 0 Å². The van der Waals surface area contributed by atoms with Gasteiger partial charge in [-0.3, -0.25) is 4.79 Å². The third-order valence-corrected chi connectivity index (χ3v) is 6.95. The van der Waals surface area contributed by atoms with Gasteiger partial charge in [-0.1, -0.05) is 48.9 Å². The number of sulfonamides is 1. The first-order chi connectivity index (χ1) is 14.3. The van der Waals surface area contributed by atoms with E-state index >= 15 is 0 Å². The first-order valence-electron chi connectivity index (χ1n) is 9.13. The SMILES string of the molecule is CCc1ccc(N(C(=O)COc2ccc(Cl)cc2Br)S(=O)(=O)c2ccccc2)cc1. The maximum absolute atomic E-state index is 13.3. The van der Waals surface area contributed by atoms with E-state index in [0.717, 1.165) is 16.3 Å². The normalized spacial score (nSPS) is 11.2. The predicted molar refractivity (Wildman–Crippen MR) is 122 cm³/mol. The van der Waals surface area contributed by atoms with E-state index in [2.05, 4.69) is 15.9 Å². The van der Waals surface area contributed by atoms with Gasteiger partial charge in [0.25, 0.3) is 15.9 Å². The molecule has 0 aliphatic carbocycles. The molecule has 0 aliphatic heterocycles. The molecule has 0 bridgehead atoms. The molecular weight excluding hydrogens is 490 g/mol. The minimum Gasteiger partial charge on any atom is -0.483 e. The van der Waals surface area contributed by atoms with Crippen LogP contribution in [0.4, 0.5) is 5.69 Å². The lowest BCUT2D eigenvalue weighted by atomic mass is 10.1. The fraction of sp³-hybridized carbons (Fsp3) is 0.136. The Morgan fingerprint density at radius 2 is 1.70 bits per heavy atom. The maximum atomic E-state index is 13.3. The average molecular weight is 509 g/mol. The van der Waals surface area contributed by atoms with Crippen molar-refractivity contribution < 1.29 is 17.9 Å². The lowest BCUT2D eigenvalue weighted by Gasteiger charge is -2.23. The maximum Gasteiger partial charge on any atom is 0.278 e. The van der Waals surface area contributed by atoms with E-state index in [9.17, 15) is 13.2 Å². The van der Waals surface area contributed by atoms with Crippen molar-refractivity contribution in [3.63, 3.8) is 0 Å². The van der Waals surface area contributed by atoms with Crippen molar-refractivity contribution in [2.24, 2.45) is 0 Å². The zero-order valence-corrected chi connectivity index (χ0v) is 19.2. The molecule has 1 amide bonds. The highest BCUT2D eigenvalue weighted by Crippen LogP contribution is 2.29. The summed E-state index contributed by atoms with van der Waals surface area (Å²) < 4.78 is 33.5. The number of ether oxygens (including phenoxy) is 1. The molecule has 0 N–H and O–H groups in total. The number of nitrogens with zero attached hydrogens (tertiary/aromatic N) is 1. The number of carbonyl (C=O) groups excluding carboxylic acids is 1. The number of carbonyl (C=O) groups is 1. The zero-order valence-electron chi connectivity index (χ0n) is 16.1. The fourth-order valence-electron chi connectivity index (χ4n) is 2.77. The molecule has 0 radical (unpaired) electrons. The Morgan fingerprint density at radius 3 is 2.30 bits per heavy atom. The van der Waals surface area contributed by atoms with Crippen LogP contribution >= 0.6 is 27.5 Å². The van der Waals surface area contributed by atoms with Gasteiger partial charge in [-0.15, -0.1) is 0 Å². The van der Waals surface area contributed by atoms with Gasteiger partial charge in [0, 0.05) is 5.02 Å². The molecule has 30 heavy (non-hydrogen) atoms. The summed E-state index contributed by atoms with van der Waals surface area (Å²) in [5.74, 6) is -0.337. The Balaban J connectivity index is 1.94. The molecule has 3 aromatic rings. The van der Waals surface area contributed by atoms with E-state index in [1.165, 1.54) is 12.1 Å². The fourth-order valence-corrected chi connectivity index (χ4v) is 5.00. The molecule has 8 heteroatoms. The second-order valence-electron chi connectivity index (χ2n) is 6.36. The van der Waals surface area contributed by atoms with Gasteiger partial charge in [-0.2, -0.15) is 4.31 Å². The molecule has 0 saturated carbocycles. The molecule has 5 nitrogen and oxygen atoms in total. The summed E-state index contributed by atoms with van der Waals surface area (Å²) in [5, 5.41) is 0.504. The third-order valence-electron chi connectivity index (χ3n) is 4.33. The molecule has 0 saturated heterocycles. The third kappa shape index (κ3) is 5.03. The van der Waals surface area contributed by atoms with Crippen molar-refractivity contribution in [1.82, 2.24) is 0 Å². The molecule has 156 valence electrons. The summed E-state index contributed by atoms with van der Waals surface area (Å²) in [6, 6.07) is 19.5. The minimum atomic E-state index is -4.12. The van der Waals surface area contributed by atoms with Gasteiger partial charge >= 0.3 is 0 Å². The molecule has 0 spiro atoms. The van der Waals surface area contributed by atoms with Crippen molar-refractivity contribution in [3.8, 4) is 5.75 Å². The number of hydrogen-bond acceptors (Lipinski definition) is 4. The van der Waals surface area contributed by atoms with E-state index in [1.54, 1.807) is 60.7 Å². The van der Waals surface area contributed by atoms with Crippen molar-refractivity contribution in [2.45, 2.75) is 18.2 Å². The van der Waals surface area contributed by atoms with Crippen LogP contribution in [-0.2, 0) is 21.2 Å². The molecule has 0 unspecified atom stereocenters. The quantitative estimate of drug-likeness (QED) is 0.425. The second-order valence-corrected chi connectivity index (χ2v) is 9.44. The van der Waals surface area contributed by atoms with Gasteiger partial charge in [0.2, 0.25) is 0 Å². The smallest absolute Gasteiger partial charge is 0.278 e. The van der Waals surface area contributed by atoms with Crippen LogP contribution in [-0.4, -0.2) is 20.9 Å². The molecule has 3 rings (SSSR count). The molecule has 0 aromatic heterocycles. The Bertz CT molecular complexity index is 1140. The van der Waals surface area contributed by atoms with E-state index in [0.29, 0.717) is 15.2 Å². The summed E-state index contributed by atoms with van der Waals surface area (Å²) in [5.41, 5.74) is 1.28. The van der Waals surface area contributed by atoms with Crippen molar-refractivity contribution >= 4 is 49.1 Å². The number of rotatable bonds is 7. The number of anilines is 1. The molecule has 0 aliphatic rings. The predicted octanol–water partition coefficient (Wildman–Crippen LogP) is 5.47. The van der Waals surface area contributed by atoms with Crippen molar-refractivity contribution in [2.75, 3.05) is 10.9 Å². The highest BCUT2D eigenvalue weighted by Gasteiger charge is 2.31. The second kappa shape index (κ2) is 9.64. The van der Waals surface area contributed by atoms with Crippen molar-refractivity contribution in [1.29, 1.82) is 0 Å². The first kappa shape index (κ1) is 22.3. The number of halogens is 2. The van der Waals surface area contributed by atoms with Crippen LogP contribution < -0.4 is 9.04 Å². The van der Waals surface area contributed by atoms with Gasteiger partial charge in [-0.05, 0) is 70.4 Å². The lowest BCUT2D eigenvalue weighted by molar-refractivity contribution is -0.119. The molecular formula is C22H19BrClNO4S. The monoisotopic (exact) mass is 507 g/mol. The number of benzene rings is 3. The van der Waals surface area contributed by atoms with Crippen LogP contribution in [0.5, 0.6) is 5.75 Å². The Hall–Kier alpha value is -2.35. The molecule has 0 atom stereocenters. The van der Waals surface area contributed by atoms with Crippen LogP contribution in [0.1, 0.15) is 12.5 Å². The molecule has 0 heterocycles. The topological polar surface area (TPSA) is 63.7 Å². The van der Waals surface area contributed by atoms with Crippen molar-refractivity contribution in [3.05, 3.63) is 87.9 Å². The summed E-state index contributed by atoms with van der Waals surface area (Å²) in [6.45, 7) is 1.53. The van der Waals surface area contributed by atoms with Crippen LogP contribution in [0.2, 0.25) is 5.02 Å². The van der Waals surface area contributed by atoms with E-state index in [4.69, 9.17) is 16.3 Å². The van der Waals surface area contributed by atoms with Crippen LogP contribution in [0.25, 0.3) is 0 Å². The first-order valence-corrected chi connectivity index (χ1v) is 11.7. The highest BCUT2D eigenvalue weighted by molar-refractivity contribution is 9.10. The highest BCUT2D eigenvalue weighted by atomic mass is 79.9. The van der Waals surface area contributed by atoms with Crippen LogP contribution in [0, 0.1) is 0 Å². The Kier molecular flexibility index (Phi) is 7.18. The van der Waals surface area contributed by atoms with Gasteiger partial charge in [0.1, 0.15) is 5.75 Å². The molecule has 3 aromatic carbocycles. The molecule has 0 fully saturated rings. The summed E-state index contributed by atoms with van der Waals surface area (Å²) in [6.07, 6.45) is 0.799. The Labute approximate surface area is 189 Å². The van der Waals surface area contributed by atoms with Gasteiger partial charge in [0.05, 0.1) is 15.1 Å². The number of hydrogen-bond donors (Lipinski definition) is 0. The van der Waals surface area contributed by atoms with Gasteiger partial charge < -0.3 is 4.74 Å². The number of amides is 1. The summed E-state index contributed by atoms with van der Waals surface area (Å²) in [4.78, 5) is 13.1. The minimum absolute atomic E-state index is 0.0191. The van der Waals surface area contributed by atoms with Gasteiger partial charge in [-0.25, -0.2) is 8.42 Å². The van der Waals surface area contributed by atoms with E-state index in [-0.39, 0.29) is 10.6 Å². The number of aryl methyl sites for hydroxylation is 1. The van der Waals surface area contributed by atoms with Gasteiger partial charge in [0.15, 0.2) is 6.61 Å². The Morgan fingerprint density at radius 1 is 1.03 bits per heavy atom. The van der Waals surface area contributed by atoms with Crippen LogP contribution in [0.15, 0.2) is 82.2 Å². The largest absolute Gasteiger partial charge is 0.483 e. The average Bonchev–Trinajstić information content (AvgIpc) is 2.74. The summed E-state index contributed by atoms with van der Waals surface area (Å²) in [7, 11) is -4.12. The van der Waals surface area contributed by atoms with E-state index < -0.39 is 22.5 Å². The standard InChI is InChI=1S/C22H19BrClNO4S/c1-2-16-8-11-18(12-9-16)25(30(27,28)19-6-4-3-5-7-19)22(26)15-29-21-13-10-17(24)14-20(21)23/h3-14H,2,15H2,1H3. The summed E-state index contributed by atoms with van der Waals surface area (Å²) >= 11 is 9.24. The van der Waals surface area contributed by atoms with E-state index in [1.807, 2.05) is 6.92 Å².